The smallest absolute Gasteiger partial charge is 0.419 e. The average Bonchev–Trinajstić information content (AvgIpc) is 3.08. The van der Waals surface area contributed by atoms with Gasteiger partial charge in [-0.25, -0.2) is 19.1 Å². The summed E-state index contributed by atoms with van der Waals surface area (Å²) in [5.74, 6) is -0.226. The Labute approximate surface area is 161 Å². The normalized spacial score (nSPS) is 13.6. The first-order chi connectivity index (χ1) is 13.1. The summed E-state index contributed by atoms with van der Waals surface area (Å²) >= 11 is 0. The third-order valence-electron chi connectivity index (χ3n) is 4.01. The number of rotatable bonds is 2. The molecule has 1 aliphatic rings. The zero-order valence-corrected chi connectivity index (χ0v) is 15.8. The number of aromatic nitrogens is 3. The van der Waals surface area contributed by atoms with Crippen molar-refractivity contribution in [2.24, 2.45) is 0 Å². The molecule has 2 aromatic heterocycles. The van der Waals surface area contributed by atoms with Gasteiger partial charge in [-0.2, -0.15) is 0 Å². The Morgan fingerprint density at radius 3 is 2.68 bits per heavy atom. The third-order valence-corrected chi connectivity index (χ3v) is 4.01. The van der Waals surface area contributed by atoms with Crippen LogP contribution < -0.4 is 5.32 Å². The van der Waals surface area contributed by atoms with Gasteiger partial charge < -0.3 is 20.1 Å². The molecule has 148 valence electrons. The number of nitrogens with one attached hydrogen (secondary N) is 1. The summed E-state index contributed by atoms with van der Waals surface area (Å²) in [7, 11) is 0. The zero-order valence-electron chi connectivity index (χ0n) is 15.8. The Morgan fingerprint density at radius 1 is 1.25 bits per heavy atom. The van der Waals surface area contributed by atoms with E-state index in [4.69, 9.17) is 9.84 Å². The van der Waals surface area contributed by atoms with Gasteiger partial charge in [-0.1, -0.05) is 0 Å². The van der Waals surface area contributed by atoms with E-state index in [0.29, 0.717) is 24.2 Å². The molecule has 0 aliphatic carbocycles. The molecule has 0 saturated carbocycles. The lowest BCUT2D eigenvalue weighted by Gasteiger charge is -2.25. The maximum absolute atomic E-state index is 12.5. The highest BCUT2D eigenvalue weighted by atomic mass is 16.6. The summed E-state index contributed by atoms with van der Waals surface area (Å²) in [5, 5.41) is 11.7. The molecule has 10 heteroatoms. The quantitative estimate of drug-likeness (QED) is 0.810. The lowest BCUT2D eigenvalue weighted by atomic mass is 10.0. The average molecular weight is 387 g/mol. The first-order valence-electron chi connectivity index (χ1n) is 8.67. The van der Waals surface area contributed by atoms with Crippen molar-refractivity contribution in [1.29, 1.82) is 0 Å². The number of imidazole rings is 1. The molecule has 2 amide bonds. The third kappa shape index (κ3) is 4.45. The lowest BCUT2D eigenvalue weighted by molar-refractivity contribution is 0.0536. The van der Waals surface area contributed by atoms with Crippen LogP contribution >= 0.6 is 0 Å². The van der Waals surface area contributed by atoms with Gasteiger partial charge in [-0.3, -0.25) is 9.78 Å². The summed E-state index contributed by atoms with van der Waals surface area (Å²) in [4.78, 5) is 45.0. The molecule has 0 radical (unpaired) electrons. The van der Waals surface area contributed by atoms with Crippen molar-refractivity contribution < 1.29 is 24.2 Å². The molecular weight excluding hydrogens is 366 g/mol. The largest absolute Gasteiger partial charge is 0.465 e. The Balaban J connectivity index is 1.68. The van der Waals surface area contributed by atoms with Crippen LogP contribution in [-0.2, 0) is 17.7 Å². The molecule has 0 saturated heterocycles. The van der Waals surface area contributed by atoms with Gasteiger partial charge >= 0.3 is 12.2 Å². The zero-order chi connectivity index (χ0) is 20.5. The highest BCUT2D eigenvalue weighted by Gasteiger charge is 2.23. The van der Waals surface area contributed by atoms with E-state index in [2.05, 4.69) is 15.3 Å². The van der Waals surface area contributed by atoms with Crippen molar-refractivity contribution in [3.8, 4) is 0 Å². The fraction of sp³-hybridized carbons (Fsp3) is 0.389. The Morgan fingerprint density at radius 2 is 2.00 bits per heavy atom. The minimum atomic E-state index is -0.991. The first kappa shape index (κ1) is 19.3. The number of ether oxygens (including phenoxy) is 1. The van der Waals surface area contributed by atoms with Gasteiger partial charge in [0.1, 0.15) is 11.9 Å². The van der Waals surface area contributed by atoms with E-state index in [1.807, 2.05) is 0 Å². The Kier molecular flexibility index (Phi) is 5.04. The number of hydrogen-bond acceptors (Lipinski definition) is 6. The molecule has 0 atom stereocenters. The van der Waals surface area contributed by atoms with Crippen LogP contribution in [0.25, 0.3) is 0 Å². The van der Waals surface area contributed by atoms with Crippen molar-refractivity contribution in [2.75, 3.05) is 11.9 Å². The number of fused-ring (bicyclic) bond motifs is 1. The topological polar surface area (TPSA) is 127 Å². The van der Waals surface area contributed by atoms with Gasteiger partial charge in [0.25, 0.3) is 5.91 Å². The molecule has 28 heavy (non-hydrogen) atoms. The predicted octanol–water partition coefficient (Wildman–Crippen LogP) is 2.35. The number of carboxylic acid groups (broad SMARTS) is 1. The van der Waals surface area contributed by atoms with Crippen LogP contribution in [0, 0.1) is 0 Å². The van der Waals surface area contributed by atoms with Crippen LogP contribution in [0.1, 0.15) is 42.4 Å². The molecule has 2 N–H and O–H groups in total. The van der Waals surface area contributed by atoms with Gasteiger partial charge in [-0.15, -0.1) is 0 Å². The Bertz CT molecular complexity index is 931. The second kappa shape index (κ2) is 7.29. The van der Waals surface area contributed by atoms with Crippen LogP contribution in [-0.4, -0.2) is 54.8 Å². The van der Waals surface area contributed by atoms with E-state index in [0.717, 1.165) is 10.1 Å². The SMILES string of the molecule is CC(C)(C)OC(=O)n1cnc(NC(=O)c2cnc3c(c2)CCN(C(=O)O)C3)c1. The maximum Gasteiger partial charge on any atom is 0.419 e. The van der Waals surface area contributed by atoms with E-state index >= 15 is 0 Å². The second-order valence-corrected chi connectivity index (χ2v) is 7.38. The van der Waals surface area contributed by atoms with Crippen molar-refractivity contribution in [2.45, 2.75) is 39.3 Å². The Hall–Kier alpha value is -3.43. The predicted molar refractivity (Wildman–Crippen MR) is 98.2 cm³/mol. The number of pyridine rings is 1. The summed E-state index contributed by atoms with van der Waals surface area (Å²) in [6.07, 6.45) is 2.92. The van der Waals surface area contributed by atoms with Gasteiger partial charge in [-0.05, 0) is 38.8 Å². The number of nitrogens with zero attached hydrogens (tertiary/aromatic N) is 4. The molecular formula is C18H21N5O5. The van der Waals surface area contributed by atoms with Gasteiger partial charge in [0.2, 0.25) is 0 Å². The number of amides is 2. The van der Waals surface area contributed by atoms with E-state index in [-0.39, 0.29) is 12.4 Å². The van der Waals surface area contributed by atoms with E-state index in [1.165, 1.54) is 23.6 Å². The van der Waals surface area contributed by atoms with E-state index in [1.54, 1.807) is 26.8 Å². The number of anilines is 1. The maximum atomic E-state index is 12.5. The molecule has 2 aromatic rings. The minimum Gasteiger partial charge on any atom is -0.465 e. The molecule has 3 rings (SSSR count). The summed E-state index contributed by atoms with van der Waals surface area (Å²) < 4.78 is 6.38. The summed E-state index contributed by atoms with van der Waals surface area (Å²) in [5.41, 5.74) is 1.16. The number of carbonyl (C=O) groups excluding carboxylic acids is 2. The highest BCUT2D eigenvalue weighted by molar-refractivity contribution is 6.03. The van der Waals surface area contributed by atoms with Crippen LogP contribution in [0.2, 0.25) is 0 Å². The molecule has 10 nitrogen and oxygen atoms in total. The van der Waals surface area contributed by atoms with Gasteiger partial charge in [0.15, 0.2) is 5.82 Å². The molecule has 0 aromatic carbocycles. The van der Waals surface area contributed by atoms with Crippen molar-refractivity contribution in [3.63, 3.8) is 0 Å². The molecule has 0 spiro atoms. The van der Waals surface area contributed by atoms with Crippen molar-refractivity contribution >= 4 is 23.9 Å². The fourth-order valence-electron chi connectivity index (χ4n) is 2.69. The standard InChI is InChI=1S/C18H21N5O5/c1-18(2,3)28-17(27)23-9-14(20-10-23)21-15(24)12-6-11-4-5-22(16(25)26)8-13(11)19-7-12/h6-7,9-10H,4-5,8H2,1-3H3,(H,21,24)(H,25,26). The van der Waals surface area contributed by atoms with Crippen LogP contribution in [0.15, 0.2) is 24.8 Å². The lowest BCUT2D eigenvalue weighted by Crippen LogP contribution is -2.35. The summed E-state index contributed by atoms with van der Waals surface area (Å²) in [6, 6.07) is 1.70. The van der Waals surface area contributed by atoms with Crippen LogP contribution in [0.3, 0.4) is 0 Å². The molecule has 0 fully saturated rings. The molecule has 3 heterocycles. The molecule has 0 unspecified atom stereocenters. The second-order valence-electron chi connectivity index (χ2n) is 7.38. The minimum absolute atomic E-state index is 0.200. The monoisotopic (exact) mass is 387 g/mol. The highest BCUT2D eigenvalue weighted by Crippen LogP contribution is 2.19. The fourth-order valence-corrected chi connectivity index (χ4v) is 2.69. The molecule has 1 aliphatic heterocycles. The van der Waals surface area contributed by atoms with Crippen molar-refractivity contribution in [1.82, 2.24) is 19.4 Å². The van der Waals surface area contributed by atoms with Crippen LogP contribution in [0.5, 0.6) is 0 Å². The first-order valence-corrected chi connectivity index (χ1v) is 8.67. The van der Waals surface area contributed by atoms with Gasteiger partial charge in [0, 0.05) is 12.7 Å². The van der Waals surface area contributed by atoms with Gasteiger partial charge in [0.05, 0.1) is 24.0 Å². The van der Waals surface area contributed by atoms with E-state index < -0.39 is 23.7 Å². The van der Waals surface area contributed by atoms with Crippen molar-refractivity contribution in [3.05, 3.63) is 41.6 Å². The van der Waals surface area contributed by atoms with Crippen LogP contribution in [0.4, 0.5) is 15.4 Å². The summed E-state index contributed by atoms with van der Waals surface area (Å²) in [6.45, 7) is 5.82. The van der Waals surface area contributed by atoms with E-state index in [9.17, 15) is 14.4 Å². The number of carbonyl (C=O) groups is 3. The number of hydrogen-bond donors (Lipinski definition) is 2. The molecule has 0 bridgehead atoms.